The third kappa shape index (κ3) is 5.33. The minimum atomic E-state index is -0.367. The van der Waals surface area contributed by atoms with Crippen molar-refractivity contribution in [1.29, 1.82) is 0 Å². The average Bonchev–Trinajstić information content (AvgIpc) is 3.26. The first-order valence-corrected chi connectivity index (χ1v) is 9.48. The molecule has 1 aliphatic heterocycles. The summed E-state index contributed by atoms with van der Waals surface area (Å²) in [4.78, 5) is 37.9. The molecule has 2 amide bonds. The lowest BCUT2D eigenvalue weighted by Gasteiger charge is -2.15. The van der Waals surface area contributed by atoms with Crippen LogP contribution in [0.3, 0.4) is 0 Å². The van der Waals surface area contributed by atoms with Gasteiger partial charge in [-0.25, -0.2) is 0 Å². The molecule has 3 rings (SSSR count). The molecule has 146 valence electrons. The third-order valence-corrected chi connectivity index (χ3v) is 4.74. The predicted octanol–water partition coefficient (Wildman–Crippen LogP) is 2.69. The van der Waals surface area contributed by atoms with Gasteiger partial charge in [-0.2, -0.15) is 0 Å². The number of benzene rings is 2. The van der Waals surface area contributed by atoms with Crippen LogP contribution in [0, 0.1) is 0 Å². The van der Waals surface area contributed by atoms with E-state index in [-0.39, 0.29) is 30.7 Å². The van der Waals surface area contributed by atoms with E-state index in [1.165, 1.54) is 0 Å². The fraction of sp³-hybridized carbons (Fsp3) is 0.286. The van der Waals surface area contributed by atoms with Gasteiger partial charge in [0.25, 0.3) is 5.91 Å². The van der Waals surface area contributed by atoms with Gasteiger partial charge >= 0.3 is 0 Å². The number of likely N-dealkylation sites (tertiary alicyclic amines) is 1. The van der Waals surface area contributed by atoms with E-state index in [9.17, 15) is 14.4 Å². The molecule has 7 heteroatoms. The Balaban J connectivity index is 1.46. The number of rotatable bonds is 7. The molecule has 0 aliphatic carbocycles. The predicted molar refractivity (Wildman–Crippen MR) is 106 cm³/mol. The van der Waals surface area contributed by atoms with E-state index in [0.29, 0.717) is 21.9 Å². The summed E-state index contributed by atoms with van der Waals surface area (Å²) < 4.78 is 5.42. The van der Waals surface area contributed by atoms with Crippen LogP contribution in [0.25, 0.3) is 0 Å². The molecule has 0 aromatic heterocycles. The van der Waals surface area contributed by atoms with Gasteiger partial charge in [0.05, 0.1) is 6.54 Å². The number of hydrogen-bond acceptors (Lipinski definition) is 4. The van der Waals surface area contributed by atoms with E-state index in [2.05, 4.69) is 5.32 Å². The van der Waals surface area contributed by atoms with Crippen LogP contribution in [0.5, 0.6) is 5.75 Å². The van der Waals surface area contributed by atoms with Crippen molar-refractivity contribution in [3.05, 3.63) is 64.7 Å². The molecule has 0 atom stereocenters. The van der Waals surface area contributed by atoms with E-state index < -0.39 is 0 Å². The molecule has 1 aliphatic rings. The number of halogens is 1. The van der Waals surface area contributed by atoms with Gasteiger partial charge in [0.1, 0.15) is 5.75 Å². The molecule has 28 heavy (non-hydrogen) atoms. The highest BCUT2D eigenvalue weighted by molar-refractivity contribution is 6.30. The number of nitrogens with one attached hydrogen (secondary N) is 1. The van der Waals surface area contributed by atoms with E-state index >= 15 is 0 Å². The molecule has 0 saturated carbocycles. The lowest BCUT2D eigenvalue weighted by atomic mass is 10.0. The fourth-order valence-corrected chi connectivity index (χ4v) is 3.05. The quantitative estimate of drug-likeness (QED) is 0.725. The first-order valence-electron chi connectivity index (χ1n) is 9.10. The van der Waals surface area contributed by atoms with E-state index in [0.717, 1.165) is 25.9 Å². The molecule has 2 aromatic carbocycles. The Hall–Kier alpha value is -2.86. The van der Waals surface area contributed by atoms with Crippen molar-refractivity contribution in [2.24, 2.45) is 0 Å². The number of nitrogens with zero attached hydrogens (tertiary/aromatic N) is 1. The summed E-state index contributed by atoms with van der Waals surface area (Å²) in [6.07, 6.45) is 2.03. The van der Waals surface area contributed by atoms with Crippen LogP contribution in [-0.4, -0.2) is 48.7 Å². The molecule has 6 nitrogen and oxygen atoms in total. The fourth-order valence-electron chi connectivity index (χ4n) is 2.92. The Labute approximate surface area is 168 Å². The monoisotopic (exact) mass is 400 g/mol. The normalized spacial score (nSPS) is 13.2. The molecule has 1 N–H and O–H groups in total. The lowest BCUT2D eigenvalue weighted by Crippen LogP contribution is -2.40. The second-order valence-electron chi connectivity index (χ2n) is 6.51. The minimum Gasteiger partial charge on any atom is -0.484 e. The molecule has 2 aromatic rings. The van der Waals surface area contributed by atoms with Crippen LogP contribution in [0.1, 0.15) is 28.8 Å². The van der Waals surface area contributed by atoms with Gasteiger partial charge in [0.15, 0.2) is 12.4 Å². The zero-order valence-electron chi connectivity index (χ0n) is 15.3. The standard InChI is InChI=1S/C21H21ClN2O4/c22-17-7-3-15(4-8-17)21(27)16-5-9-18(10-6-16)28-14-19(25)23-13-20(26)24-11-1-2-12-24/h3-10H,1-2,11-14H2,(H,23,25). The van der Waals surface area contributed by atoms with Gasteiger partial charge < -0.3 is 15.0 Å². The van der Waals surface area contributed by atoms with Crippen molar-refractivity contribution >= 4 is 29.2 Å². The van der Waals surface area contributed by atoms with Gasteiger partial charge in [0, 0.05) is 29.2 Å². The highest BCUT2D eigenvalue weighted by Crippen LogP contribution is 2.17. The molecule has 1 saturated heterocycles. The van der Waals surface area contributed by atoms with Crippen LogP contribution >= 0.6 is 11.6 Å². The first-order chi connectivity index (χ1) is 13.5. The summed E-state index contributed by atoms with van der Waals surface area (Å²) in [7, 11) is 0. The summed E-state index contributed by atoms with van der Waals surface area (Å²) >= 11 is 5.83. The van der Waals surface area contributed by atoms with Crippen molar-refractivity contribution in [1.82, 2.24) is 10.2 Å². The third-order valence-electron chi connectivity index (χ3n) is 4.49. The Morgan fingerprint density at radius 1 is 0.929 bits per heavy atom. The van der Waals surface area contributed by atoms with Crippen molar-refractivity contribution < 1.29 is 19.1 Å². The summed E-state index contributed by atoms with van der Waals surface area (Å²) in [5.41, 5.74) is 1.05. The summed E-state index contributed by atoms with van der Waals surface area (Å²) in [6.45, 7) is 1.30. The largest absolute Gasteiger partial charge is 0.484 e. The molecule has 0 unspecified atom stereocenters. The Morgan fingerprint density at radius 3 is 2.11 bits per heavy atom. The van der Waals surface area contributed by atoms with Crippen molar-refractivity contribution in [3.8, 4) is 5.75 Å². The summed E-state index contributed by atoms with van der Waals surface area (Å²) in [5.74, 6) is -0.0974. The van der Waals surface area contributed by atoms with Crippen LogP contribution in [0.4, 0.5) is 0 Å². The van der Waals surface area contributed by atoms with Gasteiger partial charge in [0.2, 0.25) is 5.91 Å². The number of carbonyl (C=O) groups is 3. The van der Waals surface area contributed by atoms with Crippen LogP contribution in [0.15, 0.2) is 48.5 Å². The molecule has 1 fully saturated rings. The van der Waals surface area contributed by atoms with Crippen LogP contribution < -0.4 is 10.1 Å². The van der Waals surface area contributed by atoms with E-state index in [4.69, 9.17) is 16.3 Å². The number of carbonyl (C=O) groups excluding carboxylic acids is 3. The Kier molecular flexibility index (Phi) is 6.66. The molecule has 1 heterocycles. The maximum Gasteiger partial charge on any atom is 0.258 e. The number of ketones is 1. The van der Waals surface area contributed by atoms with Gasteiger partial charge in [-0.1, -0.05) is 11.6 Å². The lowest BCUT2D eigenvalue weighted by molar-refractivity contribution is -0.132. The van der Waals surface area contributed by atoms with Crippen LogP contribution in [0.2, 0.25) is 5.02 Å². The van der Waals surface area contributed by atoms with Crippen molar-refractivity contribution in [3.63, 3.8) is 0 Å². The topological polar surface area (TPSA) is 75.7 Å². The maximum absolute atomic E-state index is 12.4. The zero-order valence-corrected chi connectivity index (χ0v) is 16.1. The molecule has 0 bridgehead atoms. The molecular formula is C21H21ClN2O4. The maximum atomic E-state index is 12.4. The van der Waals surface area contributed by atoms with Gasteiger partial charge in [-0.05, 0) is 61.4 Å². The van der Waals surface area contributed by atoms with Crippen molar-refractivity contribution in [2.75, 3.05) is 26.2 Å². The summed E-state index contributed by atoms with van der Waals surface area (Å²) in [6, 6.07) is 13.2. The first kappa shape index (κ1) is 19.9. The van der Waals surface area contributed by atoms with Crippen molar-refractivity contribution in [2.45, 2.75) is 12.8 Å². The second-order valence-corrected chi connectivity index (χ2v) is 6.95. The molecule has 0 radical (unpaired) electrons. The zero-order chi connectivity index (χ0) is 19.9. The Bertz CT molecular complexity index is 844. The smallest absolute Gasteiger partial charge is 0.258 e. The molecular weight excluding hydrogens is 380 g/mol. The minimum absolute atomic E-state index is 0.0171. The number of ether oxygens (including phenoxy) is 1. The number of amides is 2. The van der Waals surface area contributed by atoms with E-state index in [1.54, 1.807) is 53.4 Å². The second kappa shape index (κ2) is 9.37. The highest BCUT2D eigenvalue weighted by atomic mass is 35.5. The SMILES string of the molecule is O=C(COc1ccc(C(=O)c2ccc(Cl)cc2)cc1)NCC(=O)N1CCCC1. The average molecular weight is 401 g/mol. The van der Waals surface area contributed by atoms with Crippen LogP contribution in [-0.2, 0) is 9.59 Å². The van der Waals surface area contributed by atoms with Gasteiger partial charge in [-0.15, -0.1) is 0 Å². The van der Waals surface area contributed by atoms with Gasteiger partial charge in [-0.3, -0.25) is 14.4 Å². The Morgan fingerprint density at radius 2 is 1.50 bits per heavy atom. The van der Waals surface area contributed by atoms with E-state index in [1.807, 2.05) is 0 Å². The highest BCUT2D eigenvalue weighted by Gasteiger charge is 2.18. The number of hydrogen-bond donors (Lipinski definition) is 1. The summed E-state index contributed by atoms with van der Waals surface area (Å²) in [5, 5.41) is 3.14. The molecule has 0 spiro atoms.